The Morgan fingerprint density at radius 3 is 2.71 bits per heavy atom. The van der Waals surface area contributed by atoms with Crippen LogP contribution in [-0.4, -0.2) is 26.3 Å². The molecule has 0 aliphatic carbocycles. The number of carbonyl (C=O) groups is 2. The number of hydrogen-bond acceptors (Lipinski definition) is 6. The number of aromatic carboxylic acids is 1. The van der Waals surface area contributed by atoms with E-state index < -0.39 is 5.97 Å². The van der Waals surface area contributed by atoms with Crippen molar-refractivity contribution in [2.24, 2.45) is 0 Å². The number of thiocarbonyl (C=S) groups is 1. The second kappa shape index (κ2) is 7.41. The summed E-state index contributed by atoms with van der Waals surface area (Å²) < 4.78 is 6.11. The average molecular weight is 408 g/mol. The maximum atomic E-state index is 12.8. The van der Waals surface area contributed by atoms with E-state index in [4.69, 9.17) is 21.7 Å². The third-order valence-electron chi connectivity index (χ3n) is 3.98. The number of pyridine rings is 1. The Balaban J connectivity index is 1.62. The van der Waals surface area contributed by atoms with E-state index in [1.54, 1.807) is 12.1 Å². The highest BCUT2D eigenvalue weighted by atomic mass is 32.2. The largest absolute Gasteiger partial charge is 0.478 e. The first-order chi connectivity index (χ1) is 13.5. The number of aromatic nitrogens is 1. The minimum absolute atomic E-state index is 0.0194. The van der Waals surface area contributed by atoms with Gasteiger partial charge in [0.05, 0.1) is 22.4 Å². The molecule has 1 aliphatic heterocycles. The topological polar surface area (TPSA) is 83.6 Å². The van der Waals surface area contributed by atoms with Gasteiger partial charge in [0, 0.05) is 17.8 Å². The smallest absolute Gasteiger partial charge is 0.337 e. The fraction of sp³-hybridized carbons (Fsp3) is 0. The summed E-state index contributed by atoms with van der Waals surface area (Å²) in [7, 11) is 0. The molecule has 1 aliphatic rings. The van der Waals surface area contributed by atoms with E-state index in [-0.39, 0.29) is 11.5 Å². The zero-order chi connectivity index (χ0) is 19.7. The van der Waals surface area contributed by atoms with Gasteiger partial charge in [-0.05, 0) is 18.2 Å². The standard InChI is InChI=1S/C20H12N2O4S2/c23-18-17(9-15-6-7-16(26-15)12-4-2-1-3-5-12)28-20(27)22(18)14-8-13(19(24)25)10-21-11-14/h1-11H,(H,24,25). The van der Waals surface area contributed by atoms with Crippen molar-refractivity contribution in [1.82, 2.24) is 4.98 Å². The van der Waals surface area contributed by atoms with Crippen molar-refractivity contribution in [3.8, 4) is 11.3 Å². The van der Waals surface area contributed by atoms with Gasteiger partial charge in [-0.1, -0.05) is 54.3 Å². The van der Waals surface area contributed by atoms with Crippen LogP contribution in [0.4, 0.5) is 5.69 Å². The van der Waals surface area contributed by atoms with Gasteiger partial charge in [-0.15, -0.1) is 0 Å². The first-order valence-corrected chi connectivity index (χ1v) is 9.37. The maximum Gasteiger partial charge on any atom is 0.337 e. The van der Waals surface area contributed by atoms with Crippen LogP contribution < -0.4 is 4.90 Å². The van der Waals surface area contributed by atoms with Crippen LogP contribution >= 0.6 is 24.0 Å². The molecule has 0 bridgehead atoms. The molecule has 3 aromatic rings. The Hall–Kier alpha value is -3.23. The molecule has 2 aromatic heterocycles. The predicted octanol–water partition coefficient (Wildman–Crippen LogP) is 4.45. The Morgan fingerprint density at radius 2 is 1.96 bits per heavy atom. The Kier molecular flexibility index (Phi) is 4.81. The lowest BCUT2D eigenvalue weighted by Gasteiger charge is -2.14. The molecule has 138 valence electrons. The highest BCUT2D eigenvalue weighted by Crippen LogP contribution is 2.36. The molecule has 0 saturated carbocycles. The van der Waals surface area contributed by atoms with E-state index in [1.807, 2.05) is 36.4 Å². The van der Waals surface area contributed by atoms with Crippen LogP contribution in [0.1, 0.15) is 16.1 Å². The van der Waals surface area contributed by atoms with Crippen LogP contribution in [0.2, 0.25) is 0 Å². The van der Waals surface area contributed by atoms with Gasteiger partial charge >= 0.3 is 5.97 Å². The quantitative estimate of drug-likeness (QED) is 0.504. The molecule has 4 rings (SSSR count). The molecule has 0 atom stereocenters. The van der Waals surface area contributed by atoms with Crippen LogP contribution in [0.15, 0.2) is 70.2 Å². The highest BCUT2D eigenvalue weighted by molar-refractivity contribution is 8.27. The summed E-state index contributed by atoms with van der Waals surface area (Å²) in [5.41, 5.74) is 1.23. The molecular formula is C20H12N2O4S2. The zero-order valence-electron chi connectivity index (χ0n) is 14.2. The average Bonchev–Trinajstić information content (AvgIpc) is 3.27. The molecule has 1 fully saturated rings. The van der Waals surface area contributed by atoms with Crippen LogP contribution in [0.25, 0.3) is 17.4 Å². The van der Waals surface area contributed by atoms with Gasteiger partial charge < -0.3 is 9.52 Å². The number of rotatable bonds is 4. The minimum atomic E-state index is -1.13. The molecular weight excluding hydrogens is 396 g/mol. The van der Waals surface area contributed by atoms with Crippen molar-refractivity contribution in [3.05, 3.63) is 77.2 Å². The normalized spacial score (nSPS) is 15.4. The summed E-state index contributed by atoms with van der Waals surface area (Å²) in [6, 6.07) is 14.6. The van der Waals surface area contributed by atoms with Crippen molar-refractivity contribution in [3.63, 3.8) is 0 Å². The summed E-state index contributed by atoms with van der Waals surface area (Å²) in [6.45, 7) is 0. The molecule has 8 heteroatoms. The number of carboxylic acids is 1. The number of furan rings is 1. The van der Waals surface area contributed by atoms with E-state index in [2.05, 4.69) is 4.98 Å². The van der Waals surface area contributed by atoms with Crippen LogP contribution in [0, 0.1) is 0 Å². The predicted molar refractivity (Wildman–Crippen MR) is 111 cm³/mol. The summed E-state index contributed by atoms with van der Waals surface area (Å²) in [4.78, 5) is 29.5. The molecule has 0 unspecified atom stereocenters. The lowest BCUT2D eigenvalue weighted by Crippen LogP contribution is -2.27. The van der Waals surface area contributed by atoms with E-state index in [0.29, 0.717) is 26.4 Å². The van der Waals surface area contributed by atoms with Crippen molar-refractivity contribution >= 4 is 51.9 Å². The van der Waals surface area contributed by atoms with Gasteiger partial charge in [-0.2, -0.15) is 0 Å². The third kappa shape index (κ3) is 3.47. The van der Waals surface area contributed by atoms with Crippen LogP contribution in [-0.2, 0) is 4.79 Å². The second-order valence-electron chi connectivity index (χ2n) is 5.82. The maximum absolute atomic E-state index is 12.8. The van der Waals surface area contributed by atoms with E-state index in [1.165, 1.54) is 23.4 Å². The fourth-order valence-corrected chi connectivity index (χ4v) is 3.95. The van der Waals surface area contributed by atoms with E-state index in [0.717, 1.165) is 17.3 Å². The Bertz CT molecular complexity index is 1120. The molecule has 0 spiro atoms. The fourth-order valence-electron chi connectivity index (χ4n) is 2.67. The summed E-state index contributed by atoms with van der Waals surface area (Å²) >= 11 is 6.43. The second-order valence-corrected chi connectivity index (χ2v) is 7.50. The van der Waals surface area contributed by atoms with Gasteiger partial charge in [-0.25, -0.2) is 4.79 Å². The Labute approximate surface area is 169 Å². The third-order valence-corrected chi connectivity index (χ3v) is 5.28. The van der Waals surface area contributed by atoms with Gasteiger partial charge in [-0.3, -0.25) is 14.7 Å². The van der Waals surface area contributed by atoms with Crippen molar-refractivity contribution in [2.75, 3.05) is 4.90 Å². The molecule has 1 amide bonds. The molecule has 1 saturated heterocycles. The van der Waals surface area contributed by atoms with Gasteiger partial charge in [0.25, 0.3) is 5.91 Å². The molecule has 28 heavy (non-hydrogen) atoms. The number of thioether (sulfide) groups is 1. The first kappa shape index (κ1) is 18.1. The number of carbonyl (C=O) groups excluding carboxylic acids is 1. The highest BCUT2D eigenvalue weighted by Gasteiger charge is 2.34. The molecule has 3 heterocycles. The monoisotopic (exact) mass is 408 g/mol. The number of carboxylic acid groups (broad SMARTS) is 1. The number of anilines is 1. The first-order valence-electron chi connectivity index (χ1n) is 8.14. The van der Waals surface area contributed by atoms with Crippen molar-refractivity contribution in [2.45, 2.75) is 0 Å². The van der Waals surface area contributed by atoms with E-state index in [9.17, 15) is 9.59 Å². The lowest BCUT2D eigenvalue weighted by atomic mass is 10.2. The Morgan fingerprint density at radius 1 is 1.18 bits per heavy atom. The van der Waals surface area contributed by atoms with Gasteiger partial charge in [0.2, 0.25) is 0 Å². The van der Waals surface area contributed by atoms with Gasteiger partial charge in [0.15, 0.2) is 4.32 Å². The number of benzene rings is 1. The van der Waals surface area contributed by atoms with Crippen molar-refractivity contribution in [1.29, 1.82) is 0 Å². The number of amides is 1. The van der Waals surface area contributed by atoms with Gasteiger partial charge in [0.1, 0.15) is 11.5 Å². The summed E-state index contributed by atoms with van der Waals surface area (Å²) in [5.74, 6) is -0.256. The summed E-state index contributed by atoms with van der Waals surface area (Å²) in [5, 5.41) is 9.12. The zero-order valence-corrected chi connectivity index (χ0v) is 15.9. The molecule has 1 N–H and O–H groups in total. The lowest BCUT2D eigenvalue weighted by molar-refractivity contribution is -0.113. The summed E-state index contributed by atoms with van der Waals surface area (Å²) in [6.07, 6.45) is 4.24. The SMILES string of the molecule is O=C(O)c1cncc(N2C(=O)C(=Cc3ccc(-c4ccccc4)o3)SC2=S)c1. The minimum Gasteiger partial charge on any atom is -0.478 e. The molecule has 6 nitrogen and oxygen atoms in total. The number of nitrogens with zero attached hydrogens (tertiary/aromatic N) is 2. The molecule has 1 aromatic carbocycles. The molecule has 0 radical (unpaired) electrons. The number of hydrogen-bond donors (Lipinski definition) is 1. The van der Waals surface area contributed by atoms with Crippen LogP contribution in [0.3, 0.4) is 0 Å². The van der Waals surface area contributed by atoms with Crippen molar-refractivity contribution < 1.29 is 19.1 Å². The van der Waals surface area contributed by atoms with Crippen LogP contribution in [0.5, 0.6) is 0 Å². The van der Waals surface area contributed by atoms with E-state index >= 15 is 0 Å².